The van der Waals surface area contributed by atoms with Gasteiger partial charge in [-0.25, -0.2) is 9.78 Å². The van der Waals surface area contributed by atoms with Gasteiger partial charge in [-0.15, -0.1) is 0 Å². The van der Waals surface area contributed by atoms with Crippen molar-refractivity contribution in [1.29, 1.82) is 0 Å². The van der Waals surface area contributed by atoms with Crippen LogP contribution in [0.25, 0.3) is 0 Å². The number of rotatable bonds is 4. The number of ether oxygens (including phenoxy) is 1. The van der Waals surface area contributed by atoms with E-state index in [1.165, 1.54) is 0 Å². The molecule has 1 aromatic heterocycles. The van der Waals surface area contributed by atoms with Crippen molar-refractivity contribution in [2.75, 3.05) is 50.7 Å². The van der Waals surface area contributed by atoms with E-state index in [4.69, 9.17) is 10.5 Å². The Bertz CT molecular complexity index is 700. The van der Waals surface area contributed by atoms with Crippen molar-refractivity contribution in [3.8, 4) is 0 Å². The fourth-order valence-corrected chi connectivity index (χ4v) is 3.87. The maximum Gasteiger partial charge on any atom is 0.410 e. The summed E-state index contributed by atoms with van der Waals surface area (Å²) < 4.78 is 5.48. The Morgan fingerprint density at radius 2 is 1.76 bits per heavy atom. The topological polar surface area (TPSA) is 92.0 Å². The first-order chi connectivity index (χ1) is 13.7. The smallest absolute Gasteiger partial charge is 0.410 e. The van der Waals surface area contributed by atoms with Gasteiger partial charge in [-0.2, -0.15) is 0 Å². The number of likely N-dealkylation sites (tertiary alicyclic amines) is 1. The van der Waals surface area contributed by atoms with Crippen LogP contribution < -0.4 is 10.6 Å². The number of aromatic nitrogens is 1. The highest BCUT2D eigenvalue weighted by molar-refractivity contribution is 5.92. The molecule has 0 atom stereocenters. The summed E-state index contributed by atoms with van der Waals surface area (Å²) in [5, 5.41) is 0. The molecule has 0 saturated carbocycles. The number of nitrogens with zero attached hydrogens (tertiary/aromatic N) is 4. The maximum atomic E-state index is 12.2. The lowest BCUT2D eigenvalue weighted by atomic mass is 9.96. The zero-order chi connectivity index (χ0) is 21.0. The molecular weight excluding hydrogens is 370 g/mol. The van der Waals surface area contributed by atoms with Crippen LogP contribution >= 0.6 is 0 Å². The van der Waals surface area contributed by atoms with Gasteiger partial charge in [-0.3, -0.25) is 9.69 Å². The number of carbonyl (C=O) groups is 2. The van der Waals surface area contributed by atoms with Crippen molar-refractivity contribution in [2.24, 2.45) is 11.7 Å². The number of amides is 2. The third-order valence-corrected chi connectivity index (χ3v) is 5.51. The van der Waals surface area contributed by atoms with Crippen LogP contribution in [0.4, 0.5) is 10.6 Å². The third kappa shape index (κ3) is 6.06. The molecule has 8 heteroatoms. The predicted molar refractivity (Wildman–Crippen MR) is 112 cm³/mol. The summed E-state index contributed by atoms with van der Waals surface area (Å²) in [6, 6.07) is 3.59. The van der Waals surface area contributed by atoms with Crippen LogP contribution in [-0.4, -0.2) is 78.2 Å². The van der Waals surface area contributed by atoms with E-state index in [1.807, 2.05) is 31.7 Å². The van der Waals surface area contributed by atoms with Gasteiger partial charge in [0.2, 0.25) is 5.91 Å². The lowest BCUT2D eigenvalue weighted by Crippen LogP contribution is -2.49. The van der Waals surface area contributed by atoms with E-state index >= 15 is 0 Å². The van der Waals surface area contributed by atoms with Gasteiger partial charge in [-0.1, -0.05) is 0 Å². The Balaban J connectivity index is 1.40. The van der Waals surface area contributed by atoms with E-state index in [9.17, 15) is 9.59 Å². The number of piperazine rings is 1. The first kappa shape index (κ1) is 21.4. The molecule has 0 radical (unpaired) electrons. The number of hydrogen-bond acceptors (Lipinski definition) is 6. The van der Waals surface area contributed by atoms with Gasteiger partial charge in [0.05, 0.1) is 5.56 Å². The van der Waals surface area contributed by atoms with Gasteiger partial charge in [0.1, 0.15) is 11.4 Å². The van der Waals surface area contributed by atoms with Crippen molar-refractivity contribution in [1.82, 2.24) is 14.8 Å². The first-order valence-electron chi connectivity index (χ1n) is 10.4. The highest BCUT2D eigenvalue weighted by atomic mass is 16.6. The zero-order valence-electron chi connectivity index (χ0n) is 17.8. The molecule has 3 heterocycles. The van der Waals surface area contributed by atoms with Crippen LogP contribution in [0.2, 0.25) is 0 Å². The summed E-state index contributed by atoms with van der Waals surface area (Å²) in [4.78, 5) is 34.3. The molecule has 2 saturated heterocycles. The fraction of sp³-hybridized carbons (Fsp3) is 0.667. The van der Waals surface area contributed by atoms with Crippen LogP contribution in [0.15, 0.2) is 18.3 Å². The monoisotopic (exact) mass is 403 g/mol. The number of piperidine rings is 1. The Labute approximate surface area is 173 Å². The maximum absolute atomic E-state index is 12.2. The second-order valence-corrected chi connectivity index (χ2v) is 8.97. The van der Waals surface area contributed by atoms with Crippen molar-refractivity contribution in [3.63, 3.8) is 0 Å². The van der Waals surface area contributed by atoms with E-state index in [0.29, 0.717) is 11.5 Å². The Morgan fingerprint density at radius 3 is 2.28 bits per heavy atom. The van der Waals surface area contributed by atoms with Crippen molar-refractivity contribution < 1.29 is 14.3 Å². The lowest BCUT2D eigenvalue weighted by Gasteiger charge is -2.39. The van der Waals surface area contributed by atoms with Crippen LogP contribution in [0.3, 0.4) is 0 Å². The van der Waals surface area contributed by atoms with Crippen molar-refractivity contribution in [3.05, 3.63) is 23.9 Å². The van der Waals surface area contributed by atoms with E-state index in [1.54, 1.807) is 12.3 Å². The molecule has 0 aromatic carbocycles. The standard InChI is InChI=1S/C21H33N5O3/c1-21(2,3)29-20(28)26-8-6-16(7-9-26)15-24-10-12-25(13-11-24)18-5-4-17(14-23-18)19(22)27/h4-5,14,16H,6-13,15H2,1-3H3,(H2,22,27). The summed E-state index contributed by atoms with van der Waals surface area (Å²) in [6.45, 7) is 12.1. The van der Waals surface area contributed by atoms with E-state index in [-0.39, 0.29) is 6.09 Å². The molecule has 1 aromatic rings. The molecule has 0 unspecified atom stereocenters. The van der Waals surface area contributed by atoms with Gasteiger partial charge in [-0.05, 0) is 51.7 Å². The number of anilines is 1. The molecule has 2 amide bonds. The molecule has 160 valence electrons. The van der Waals surface area contributed by atoms with E-state index in [0.717, 1.165) is 64.5 Å². The Kier molecular flexibility index (Phi) is 6.62. The van der Waals surface area contributed by atoms with Crippen LogP contribution in [0.1, 0.15) is 44.0 Å². The van der Waals surface area contributed by atoms with Crippen molar-refractivity contribution in [2.45, 2.75) is 39.2 Å². The summed E-state index contributed by atoms with van der Waals surface area (Å²) >= 11 is 0. The summed E-state index contributed by atoms with van der Waals surface area (Å²) in [7, 11) is 0. The number of hydrogen-bond donors (Lipinski definition) is 1. The second-order valence-electron chi connectivity index (χ2n) is 8.97. The molecule has 2 aliphatic rings. The molecule has 0 bridgehead atoms. The summed E-state index contributed by atoms with van der Waals surface area (Å²) in [5.41, 5.74) is 5.27. The molecule has 0 spiro atoms. The lowest BCUT2D eigenvalue weighted by molar-refractivity contribution is 0.0169. The number of primary amides is 1. The average Bonchev–Trinajstić information content (AvgIpc) is 2.68. The van der Waals surface area contributed by atoms with E-state index < -0.39 is 11.5 Å². The number of nitrogens with two attached hydrogens (primary N) is 1. The minimum atomic E-state index is -0.452. The molecular formula is C21H33N5O3. The second kappa shape index (κ2) is 8.98. The minimum absolute atomic E-state index is 0.195. The highest BCUT2D eigenvalue weighted by Gasteiger charge is 2.28. The molecule has 29 heavy (non-hydrogen) atoms. The number of pyridine rings is 1. The molecule has 3 rings (SSSR count). The Hall–Kier alpha value is -2.35. The van der Waals surface area contributed by atoms with Gasteiger partial charge in [0.25, 0.3) is 0 Å². The molecule has 2 aliphatic heterocycles. The van der Waals surface area contributed by atoms with Crippen molar-refractivity contribution >= 4 is 17.8 Å². The largest absolute Gasteiger partial charge is 0.444 e. The average molecular weight is 404 g/mol. The zero-order valence-corrected chi connectivity index (χ0v) is 17.8. The molecule has 0 aliphatic carbocycles. The normalized spacial score (nSPS) is 19.3. The van der Waals surface area contributed by atoms with Crippen LogP contribution in [-0.2, 0) is 4.74 Å². The summed E-state index contributed by atoms with van der Waals surface area (Å²) in [6.07, 6.45) is 3.40. The van der Waals surface area contributed by atoms with Gasteiger partial charge in [0, 0.05) is 52.0 Å². The summed E-state index contributed by atoms with van der Waals surface area (Å²) in [5.74, 6) is 1.06. The SMILES string of the molecule is CC(C)(C)OC(=O)N1CCC(CN2CCN(c3ccc(C(N)=O)cn3)CC2)CC1. The molecule has 2 fully saturated rings. The Morgan fingerprint density at radius 1 is 1.10 bits per heavy atom. The first-order valence-corrected chi connectivity index (χ1v) is 10.4. The highest BCUT2D eigenvalue weighted by Crippen LogP contribution is 2.22. The van der Waals surface area contributed by atoms with Gasteiger partial charge < -0.3 is 20.3 Å². The predicted octanol–water partition coefficient (Wildman–Crippen LogP) is 1.95. The number of carbonyl (C=O) groups excluding carboxylic acids is 2. The van der Waals surface area contributed by atoms with E-state index in [2.05, 4.69) is 14.8 Å². The molecule has 2 N–H and O–H groups in total. The minimum Gasteiger partial charge on any atom is -0.444 e. The van der Waals surface area contributed by atoms with Crippen LogP contribution in [0.5, 0.6) is 0 Å². The van der Waals surface area contributed by atoms with Gasteiger partial charge in [0.15, 0.2) is 0 Å². The fourth-order valence-electron chi connectivity index (χ4n) is 3.87. The third-order valence-electron chi connectivity index (χ3n) is 5.51. The van der Waals surface area contributed by atoms with Gasteiger partial charge >= 0.3 is 6.09 Å². The quantitative estimate of drug-likeness (QED) is 0.826. The molecule has 8 nitrogen and oxygen atoms in total. The van der Waals surface area contributed by atoms with Crippen LogP contribution in [0, 0.1) is 5.92 Å².